The lowest BCUT2D eigenvalue weighted by Crippen LogP contribution is -2.56. The number of hydrogen-bond donors (Lipinski definition) is 2. The predicted octanol–water partition coefficient (Wildman–Crippen LogP) is 2.97. The van der Waals surface area contributed by atoms with Gasteiger partial charge in [0.1, 0.15) is 0 Å². The van der Waals surface area contributed by atoms with Crippen molar-refractivity contribution in [1.82, 2.24) is 10.2 Å². The highest BCUT2D eigenvalue weighted by atomic mass is 35.5. The Hall–Kier alpha value is -1.80. The van der Waals surface area contributed by atoms with Crippen LogP contribution in [0.4, 0.5) is 13.2 Å². The van der Waals surface area contributed by atoms with Crippen molar-refractivity contribution in [3.63, 3.8) is 0 Å². The maximum Gasteiger partial charge on any atom is 0.416 e. The van der Waals surface area contributed by atoms with E-state index >= 15 is 0 Å². The van der Waals surface area contributed by atoms with Crippen LogP contribution in [0, 0.1) is 11.8 Å². The number of benzene rings is 1. The molecule has 3 N–H and O–H groups in total. The third kappa shape index (κ3) is 5.61. The van der Waals surface area contributed by atoms with Crippen molar-refractivity contribution < 1.29 is 22.8 Å². The summed E-state index contributed by atoms with van der Waals surface area (Å²) in [6.07, 6.45) is -4.39. The molecular formula is C19H27ClF3N3O2. The number of halogens is 4. The van der Waals surface area contributed by atoms with Gasteiger partial charge in [0, 0.05) is 26.1 Å². The lowest BCUT2D eigenvalue weighted by atomic mass is 9.87. The van der Waals surface area contributed by atoms with Crippen LogP contribution in [0.5, 0.6) is 0 Å². The van der Waals surface area contributed by atoms with Crippen LogP contribution < -0.4 is 11.1 Å². The Bertz CT molecular complexity index is 712. The summed E-state index contributed by atoms with van der Waals surface area (Å²) in [5.74, 6) is -0.916. The molecule has 0 spiro atoms. The second kappa shape index (κ2) is 9.13. The average Bonchev–Trinajstić information content (AvgIpc) is 2.95. The maximum atomic E-state index is 12.8. The Morgan fingerprint density at radius 3 is 2.54 bits per heavy atom. The monoisotopic (exact) mass is 421 g/mol. The Kier molecular flexibility index (Phi) is 7.91. The number of carbonyl (C=O) groups excluding carboxylic acids is 2. The molecule has 1 aromatic carbocycles. The molecule has 1 heterocycles. The van der Waals surface area contributed by atoms with Crippen LogP contribution in [0.15, 0.2) is 24.3 Å². The Balaban J connectivity index is 0.00000392. The van der Waals surface area contributed by atoms with Crippen molar-refractivity contribution in [3.05, 3.63) is 35.4 Å². The van der Waals surface area contributed by atoms with Crippen LogP contribution in [0.25, 0.3) is 0 Å². The molecule has 1 aliphatic heterocycles. The van der Waals surface area contributed by atoms with Crippen LogP contribution in [-0.2, 0) is 22.3 Å². The van der Waals surface area contributed by atoms with E-state index in [-0.39, 0.29) is 56.2 Å². The first kappa shape index (κ1) is 24.2. The molecule has 0 bridgehead atoms. The number of hydrogen-bond acceptors (Lipinski definition) is 3. The molecule has 0 radical (unpaired) electrons. The number of alkyl halides is 3. The molecule has 1 saturated heterocycles. The van der Waals surface area contributed by atoms with Crippen LogP contribution in [0.1, 0.15) is 38.3 Å². The topological polar surface area (TPSA) is 75.4 Å². The molecule has 1 aliphatic rings. The molecule has 2 unspecified atom stereocenters. The number of rotatable bonds is 6. The first-order valence-corrected chi connectivity index (χ1v) is 8.92. The third-order valence-corrected chi connectivity index (χ3v) is 5.32. The zero-order chi connectivity index (χ0) is 20.4. The van der Waals surface area contributed by atoms with Crippen molar-refractivity contribution >= 4 is 24.2 Å². The molecule has 9 heteroatoms. The summed E-state index contributed by atoms with van der Waals surface area (Å²) in [6.45, 7) is 6.25. The molecule has 2 amide bonds. The number of likely N-dealkylation sites (tertiary alicyclic amines) is 1. The van der Waals surface area contributed by atoms with E-state index in [4.69, 9.17) is 5.73 Å². The van der Waals surface area contributed by atoms with Gasteiger partial charge in [0.05, 0.1) is 17.0 Å². The van der Waals surface area contributed by atoms with E-state index in [0.717, 1.165) is 12.1 Å². The van der Waals surface area contributed by atoms with Gasteiger partial charge in [-0.05, 0) is 30.5 Å². The SMILES string of the molecule is CC(C)C(C)(CN)NC(=O)C1CC(=O)N(Cc2cccc(C(F)(F)F)c2)C1.Cl. The maximum absolute atomic E-state index is 12.8. The summed E-state index contributed by atoms with van der Waals surface area (Å²) >= 11 is 0. The fraction of sp³-hybridized carbons (Fsp3) is 0.579. The summed E-state index contributed by atoms with van der Waals surface area (Å²) in [5.41, 5.74) is 4.83. The normalized spacial score (nSPS) is 19.4. The van der Waals surface area contributed by atoms with Gasteiger partial charge in [-0.25, -0.2) is 0 Å². The van der Waals surface area contributed by atoms with Gasteiger partial charge in [0.15, 0.2) is 0 Å². The minimum absolute atomic E-state index is 0. The molecule has 2 rings (SSSR count). The van der Waals surface area contributed by atoms with E-state index in [2.05, 4.69) is 5.32 Å². The minimum atomic E-state index is -4.43. The van der Waals surface area contributed by atoms with Gasteiger partial charge in [-0.3, -0.25) is 9.59 Å². The number of nitrogens with one attached hydrogen (secondary N) is 1. The number of amides is 2. The lowest BCUT2D eigenvalue weighted by molar-refractivity contribution is -0.137. The largest absolute Gasteiger partial charge is 0.416 e. The Morgan fingerprint density at radius 2 is 2.00 bits per heavy atom. The molecule has 1 fully saturated rings. The molecule has 0 aromatic heterocycles. The zero-order valence-electron chi connectivity index (χ0n) is 16.2. The summed E-state index contributed by atoms with van der Waals surface area (Å²) in [5, 5.41) is 2.93. The van der Waals surface area contributed by atoms with E-state index in [1.165, 1.54) is 11.0 Å². The molecule has 0 saturated carbocycles. The summed E-state index contributed by atoms with van der Waals surface area (Å²) in [6, 6.07) is 4.88. The summed E-state index contributed by atoms with van der Waals surface area (Å²) < 4.78 is 38.5. The van der Waals surface area contributed by atoms with Crippen LogP contribution >= 0.6 is 12.4 Å². The van der Waals surface area contributed by atoms with Gasteiger partial charge < -0.3 is 16.0 Å². The van der Waals surface area contributed by atoms with Gasteiger partial charge in [0.25, 0.3) is 0 Å². The van der Waals surface area contributed by atoms with E-state index in [1.54, 1.807) is 6.07 Å². The average molecular weight is 422 g/mol. The number of nitrogens with zero attached hydrogens (tertiary/aromatic N) is 1. The highest BCUT2D eigenvalue weighted by molar-refractivity contribution is 5.89. The quantitative estimate of drug-likeness (QED) is 0.741. The summed E-state index contributed by atoms with van der Waals surface area (Å²) in [4.78, 5) is 26.2. The predicted molar refractivity (Wildman–Crippen MR) is 103 cm³/mol. The Morgan fingerprint density at radius 1 is 1.36 bits per heavy atom. The van der Waals surface area contributed by atoms with Crippen molar-refractivity contribution in [3.8, 4) is 0 Å². The molecule has 1 aromatic rings. The number of nitrogens with two attached hydrogens (primary N) is 1. The Labute approximate surface area is 169 Å². The van der Waals surface area contributed by atoms with Gasteiger partial charge in [-0.1, -0.05) is 26.0 Å². The van der Waals surface area contributed by atoms with Crippen LogP contribution in [0.2, 0.25) is 0 Å². The van der Waals surface area contributed by atoms with Crippen molar-refractivity contribution in [2.24, 2.45) is 17.6 Å². The first-order chi connectivity index (χ1) is 12.5. The second-order valence-corrected chi connectivity index (χ2v) is 7.64. The number of carbonyl (C=O) groups is 2. The lowest BCUT2D eigenvalue weighted by Gasteiger charge is -2.34. The highest BCUT2D eigenvalue weighted by Gasteiger charge is 2.38. The standard InChI is InChI=1S/C19H26F3N3O2.ClH/c1-12(2)18(3,11-23)24-17(27)14-8-16(26)25(10-14)9-13-5-4-6-15(7-13)19(20,21)22;/h4-7,12,14H,8-11,23H2,1-3H3,(H,24,27);1H. The fourth-order valence-electron chi connectivity index (χ4n) is 2.98. The fourth-order valence-corrected chi connectivity index (χ4v) is 2.98. The molecule has 2 atom stereocenters. The highest BCUT2D eigenvalue weighted by Crippen LogP contribution is 2.30. The van der Waals surface area contributed by atoms with E-state index < -0.39 is 23.2 Å². The zero-order valence-corrected chi connectivity index (χ0v) is 17.0. The van der Waals surface area contributed by atoms with Crippen LogP contribution in [-0.4, -0.2) is 35.3 Å². The van der Waals surface area contributed by atoms with Crippen molar-refractivity contribution in [1.29, 1.82) is 0 Å². The molecular weight excluding hydrogens is 395 g/mol. The van der Waals surface area contributed by atoms with Crippen molar-refractivity contribution in [2.75, 3.05) is 13.1 Å². The van der Waals surface area contributed by atoms with E-state index in [9.17, 15) is 22.8 Å². The minimum Gasteiger partial charge on any atom is -0.349 e. The van der Waals surface area contributed by atoms with Crippen LogP contribution in [0.3, 0.4) is 0 Å². The molecule has 0 aliphatic carbocycles. The molecule has 5 nitrogen and oxygen atoms in total. The van der Waals surface area contributed by atoms with Gasteiger partial charge in [-0.2, -0.15) is 13.2 Å². The smallest absolute Gasteiger partial charge is 0.349 e. The first-order valence-electron chi connectivity index (χ1n) is 8.92. The van der Waals surface area contributed by atoms with Crippen molar-refractivity contribution in [2.45, 2.75) is 45.5 Å². The second-order valence-electron chi connectivity index (χ2n) is 7.64. The molecule has 28 heavy (non-hydrogen) atoms. The molecule has 158 valence electrons. The third-order valence-electron chi connectivity index (χ3n) is 5.32. The summed E-state index contributed by atoms with van der Waals surface area (Å²) in [7, 11) is 0. The van der Waals surface area contributed by atoms with Gasteiger partial charge in [-0.15, -0.1) is 12.4 Å². The van der Waals surface area contributed by atoms with Gasteiger partial charge in [0.2, 0.25) is 11.8 Å². The van der Waals surface area contributed by atoms with E-state index in [0.29, 0.717) is 5.56 Å². The van der Waals surface area contributed by atoms with Gasteiger partial charge >= 0.3 is 6.18 Å². The van der Waals surface area contributed by atoms with E-state index in [1.807, 2.05) is 20.8 Å².